The number of halogens is 1. The minimum absolute atomic E-state index is 0.0753. The number of H-pyrrole nitrogens is 1. The number of hydrogen-bond donors (Lipinski definition) is 2. The van der Waals surface area contributed by atoms with Crippen molar-refractivity contribution < 1.29 is 5.11 Å². The molecule has 0 radical (unpaired) electrons. The first-order valence-corrected chi connectivity index (χ1v) is 14.5. The summed E-state index contributed by atoms with van der Waals surface area (Å²) in [7, 11) is 0. The maximum Gasteiger partial charge on any atom is 0.258 e. The molecule has 0 saturated heterocycles. The number of aryl methyl sites for hydroxylation is 1. The summed E-state index contributed by atoms with van der Waals surface area (Å²) in [5.41, 5.74) is 1.41. The fraction of sp³-hybridized carbons (Fsp3) is 0.733. The summed E-state index contributed by atoms with van der Waals surface area (Å²) in [6, 6.07) is 5.27. The molecule has 35 heavy (non-hydrogen) atoms. The third-order valence-corrected chi connectivity index (χ3v) is 11.7. The van der Waals surface area contributed by atoms with Gasteiger partial charge in [0.25, 0.3) is 5.56 Å². The number of fused-ring (bicyclic) bond motifs is 6. The van der Waals surface area contributed by atoms with Gasteiger partial charge in [0, 0.05) is 11.4 Å². The topological polar surface area (TPSA) is 66.0 Å². The van der Waals surface area contributed by atoms with E-state index in [4.69, 9.17) is 16.6 Å². The van der Waals surface area contributed by atoms with Crippen molar-refractivity contribution in [2.45, 2.75) is 97.0 Å². The second-order valence-corrected chi connectivity index (χ2v) is 13.4. The summed E-state index contributed by atoms with van der Waals surface area (Å²) in [5.74, 6) is 4.10. The third-order valence-electron chi connectivity index (χ3n) is 11.5. The molecule has 2 aromatic rings. The van der Waals surface area contributed by atoms with E-state index in [-0.39, 0.29) is 11.7 Å². The second kappa shape index (κ2) is 8.87. The van der Waals surface area contributed by atoms with Gasteiger partial charge in [0.2, 0.25) is 0 Å². The van der Waals surface area contributed by atoms with E-state index in [0.717, 1.165) is 31.0 Å². The van der Waals surface area contributed by atoms with Gasteiger partial charge in [-0.3, -0.25) is 4.79 Å². The largest absolute Gasteiger partial charge is 0.393 e. The van der Waals surface area contributed by atoms with Crippen molar-refractivity contribution in [3.8, 4) is 0 Å². The third kappa shape index (κ3) is 3.89. The van der Waals surface area contributed by atoms with Crippen LogP contribution < -0.4 is 5.56 Å². The Morgan fingerprint density at radius 1 is 1.09 bits per heavy atom. The first kappa shape index (κ1) is 24.0. The molecular weight excluding hydrogens is 456 g/mol. The van der Waals surface area contributed by atoms with Crippen molar-refractivity contribution >= 4 is 22.5 Å². The quantitative estimate of drug-likeness (QED) is 0.482. The molecule has 0 bridgehead atoms. The van der Waals surface area contributed by atoms with Crippen LogP contribution in [0, 0.1) is 40.4 Å². The monoisotopic (exact) mass is 496 g/mol. The van der Waals surface area contributed by atoms with Crippen molar-refractivity contribution in [2.75, 3.05) is 0 Å². The molecule has 190 valence electrons. The molecule has 4 aliphatic rings. The van der Waals surface area contributed by atoms with Crippen LogP contribution in [0.5, 0.6) is 0 Å². The van der Waals surface area contributed by atoms with Crippen LogP contribution in [0.25, 0.3) is 10.9 Å². The molecule has 0 amide bonds. The molecule has 8 atom stereocenters. The summed E-state index contributed by atoms with van der Waals surface area (Å²) in [4.78, 5) is 20.2. The van der Waals surface area contributed by atoms with E-state index in [1.165, 1.54) is 57.8 Å². The standard InChI is InChI=1S/C30H41ClN2O2/c1-29-14-4-3-6-19(29)16-25(34)27-22-12-9-18(30(22,2)15-13-23(27)29)7-5-8-26-32-24-17-20(31)10-11-21(24)28(35)33-26/h10-11,17-19,22-23,25,27,34H,3-9,12-16H2,1-2H3,(H,32,33,35). The van der Waals surface area contributed by atoms with Gasteiger partial charge in [0.15, 0.2) is 0 Å². The number of rotatable bonds is 4. The van der Waals surface area contributed by atoms with E-state index < -0.39 is 0 Å². The van der Waals surface area contributed by atoms with E-state index in [9.17, 15) is 9.90 Å². The maximum atomic E-state index is 12.5. The van der Waals surface area contributed by atoms with Gasteiger partial charge in [-0.15, -0.1) is 0 Å². The van der Waals surface area contributed by atoms with Crippen LogP contribution in [0.2, 0.25) is 5.02 Å². The van der Waals surface area contributed by atoms with Crippen LogP contribution in [0.15, 0.2) is 23.0 Å². The Labute approximate surface area is 214 Å². The lowest BCUT2D eigenvalue weighted by molar-refractivity contribution is -0.162. The van der Waals surface area contributed by atoms with Gasteiger partial charge < -0.3 is 10.1 Å². The van der Waals surface area contributed by atoms with Gasteiger partial charge in [-0.25, -0.2) is 4.98 Å². The zero-order chi connectivity index (χ0) is 24.4. The van der Waals surface area contributed by atoms with E-state index in [1.54, 1.807) is 18.2 Å². The van der Waals surface area contributed by atoms with Crippen LogP contribution in [0.3, 0.4) is 0 Å². The highest BCUT2D eigenvalue weighted by Crippen LogP contribution is 2.67. The Morgan fingerprint density at radius 3 is 2.77 bits per heavy atom. The predicted molar refractivity (Wildman–Crippen MR) is 142 cm³/mol. The highest BCUT2D eigenvalue weighted by atomic mass is 35.5. The molecule has 4 aliphatic carbocycles. The lowest BCUT2D eigenvalue weighted by atomic mass is 9.44. The van der Waals surface area contributed by atoms with Crippen molar-refractivity contribution in [1.82, 2.24) is 9.97 Å². The number of nitrogens with zero attached hydrogens (tertiary/aromatic N) is 1. The van der Waals surface area contributed by atoms with Crippen LogP contribution in [-0.4, -0.2) is 21.2 Å². The first-order valence-electron chi connectivity index (χ1n) is 14.2. The molecule has 4 saturated carbocycles. The minimum Gasteiger partial charge on any atom is -0.393 e. The number of benzene rings is 1. The van der Waals surface area contributed by atoms with Gasteiger partial charge in [0.05, 0.1) is 17.0 Å². The number of aliphatic hydroxyl groups excluding tert-OH is 1. The minimum atomic E-state index is -0.0988. The summed E-state index contributed by atoms with van der Waals surface area (Å²) in [5, 5.41) is 12.6. The number of hydrogen-bond acceptors (Lipinski definition) is 3. The Hall–Kier alpha value is -1.39. The van der Waals surface area contributed by atoms with Crippen LogP contribution >= 0.6 is 11.6 Å². The highest BCUT2D eigenvalue weighted by molar-refractivity contribution is 6.31. The summed E-state index contributed by atoms with van der Waals surface area (Å²) in [6.07, 6.45) is 14.6. The fourth-order valence-electron chi connectivity index (χ4n) is 9.63. The van der Waals surface area contributed by atoms with E-state index in [1.807, 2.05) is 0 Å². The molecule has 4 nitrogen and oxygen atoms in total. The molecule has 8 unspecified atom stereocenters. The average Bonchev–Trinajstić information content (AvgIpc) is 3.15. The molecular formula is C30H41ClN2O2. The summed E-state index contributed by atoms with van der Waals surface area (Å²) in [6.45, 7) is 5.13. The van der Waals surface area contributed by atoms with Crippen molar-refractivity contribution in [1.29, 1.82) is 0 Å². The Morgan fingerprint density at radius 2 is 1.91 bits per heavy atom. The van der Waals surface area contributed by atoms with Gasteiger partial charge >= 0.3 is 0 Å². The molecule has 0 aliphatic heterocycles. The predicted octanol–water partition coefficient (Wildman–Crippen LogP) is 6.92. The van der Waals surface area contributed by atoms with E-state index in [0.29, 0.717) is 50.4 Å². The first-order chi connectivity index (χ1) is 16.8. The lowest BCUT2D eigenvalue weighted by Crippen LogP contribution is -2.57. The SMILES string of the molecule is CC12CCC3C(C(O)CC4CCCCC43C)C1CCC2CCCc1nc2cc(Cl)ccc2c(=O)[nH]1. The smallest absolute Gasteiger partial charge is 0.258 e. The molecule has 4 fully saturated rings. The highest BCUT2D eigenvalue weighted by Gasteiger charge is 2.61. The van der Waals surface area contributed by atoms with Crippen molar-refractivity contribution in [3.63, 3.8) is 0 Å². The average molecular weight is 497 g/mol. The van der Waals surface area contributed by atoms with Crippen LogP contribution in [0.1, 0.15) is 90.3 Å². The second-order valence-electron chi connectivity index (χ2n) is 12.9. The Balaban J connectivity index is 1.15. The molecule has 0 spiro atoms. The molecule has 1 aromatic carbocycles. The van der Waals surface area contributed by atoms with Crippen LogP contribution in [0.4, 0.5) is 0 Å². The Bertz CT molecular complexity index is 1160. The number of nitrogens with one attached hydrogen (secondary N) is 1. The zero-order valence-corrected chi connectivity index (χ0v) is 22.1. The van der Waals surface area contributed by atoms with Crippen LogP contribution in [-0.2, 0) is 6.42 Å². The molecule has 2 N–H and O–H groups in total. The number of aromatic amines is 1. The van der Waals surface area contributed by atoms with E-state index in [2.05, 4.69) is 18.8 Å². The number of aromatic nitrogens is 2. The normalized spacial score (nSPS) is 40.8. The van der Waals surface area contributed by atoms with Crippen molar-refractivity contribution in [2.24, 2.45) is 40.4 Å². The number of aliphatic hydroxyl groups is 1. The lowest BCUT2D eigenvalue weighted by Gasteiger charge is -2.62. The maximum absolute atomic E-state index is 12.5. The zero-order valence-electron chi connectivity index (χ0n) is 21.4. The Kier molecular flexibility index (Phi) is 6.08. The fourth-order valence-corrected chi connectivity index (χ4v) is 9.80. The van der Waals surface area contributed by atoms with Gasteiger partial charge in [-0.1, -0.05) is 38.3 Å². The summed E-state index contributed by atoms with van der Waals surface area (Å²) < 4.78 is 0. The molecule has 1 heterocycles. The molecule has 6 rings (SSSR count). The van der Waals surface area contributed by atoms with Gasteiger partial charge in [-0.05, 0) is 116 Å². The van der Waals surface area contributed by atoms with Gasteiger partial charge in [0.1, 0.15) is 5.82 Å². The molecule has 1 aromatic heterocycles. The summed E-state index contributed by atoms with van der Waals surface area (Å²) >= 11 is 6.13. The molecule has 5 heteroatoms. The van der Waals surface area contributed by atoms with Gasteiger partial charge in [-0.2, -0.15) is 0 Å². The van der Waals surface area contributed by atoms with Crippen molar-refractivity contribution in [3.05, 3.63) is 39.4 Å². The van der Waals surface area contributed by atoms with E-state index >= 15 is 0 Å².